The van der Waals surface area contributed by atoms with Crippen LogP contribution in [0.25, 0.3) is 0 Å². The summed E-state index contributed by atoms with van der Waals surface area (Å²) in [6.07, 6.45) is 0.556. The normalized spacial score (nSPS) is 16.3. The summed E-state index contributed by atoms with van der Waals surface area (Å²) in [7, 11) is 0. The molecule has 1 aromatic rings. The molecule has 0 radical (unpaired) electrons. The summed E-state index contributed by atoms with van der Waals surface area (Å²) in [5.74, 6) is -0.994. The van der Waals surface area contributed by atoms with E-state index in [1.165, 1.54) is 0 Å². The number of amides is 1. The molecule has 1 heterocycles. The molecule has 0 fully saturated rings. The molecule has 0 bridgehead atoms. The van der Waals surface area contributed by atoms with Crippen molar-refractivity contribution in [3.8, 4) is 0 Å². The highest BCUT2D eigenvalue weighted by Gasteiger charge is 2.33. The van der Waals surface area contributed by atoms with E-state index in [2.05, 4.69) is 0 Å². The first kappa shape index (κ1) is 15.5. The number of nitrogens with two attached hydrogens (primary N) is 1. The Balaban J connectivity index is 2.23. The minimum Gasteiger partial charge on any atom is -0.478 e. The van der Waals surface area contributed by atoms with Crippen molar-refractivity contribution >= 4 is 11.9 Å². The number of carbonyl (C=O) groups excluding carboxylic acids is 1. The number of carboxylic acid groups (broad SMARTS) is 1. The summed E-state index contributed by atoms with van der Waals surface area (Å²) in [6.45, 7) is 6.76. The molecule has 5 heteroatoms. The van der Waals surface area contributed by atoms with Crippen LogP contribution in [0.3, 0.4) is 0 Å². The van der Waals surface area contributed by atoms with Crippen molar-refractivity contribution in [3.63, 3.8) is 0 Å². The Morgan fingerprint density at radius 2 is 2.00 bits per heavy atom. The molecule has 2 rings (SSSR count). The lowest BCUT2D eigenvalue weighted by molar-refractivity contribution is -0.135. The van der Waals surface area contributed by atoms with Crippen molar-refractivity contribution in [3.05, 3.63) is 34.9 Å². The Kier molecular flexibility index (Phi) is 4.05. The summed E-state index contributed by atoms with van der Waals surface area (Å²) in [5, 5.41) is 9.21. The molecule has 1 unspecified atom stereocenters. The first-order valence-electron chi connectivity index (χ1n) is 7.10. The van der Waals surface area contributed by atoms with Crippen molar-refractivity contribution < 1.29 is 14.7 Å². The van der Waals surface area contributed by atoms with E-state index in [1.807, 2.05) is 26.8 Å². The zero-order chi connectivity index (χ0) is 15.8. The van der Waals surface area contributed by atoms with Gasteiger partial charge in [0.15, 0.2) is 0 Å². The third-order valence-corrected chi connectivity index (χ3v) is 4.01. The summed E-state index contributed by atoms with van der Waals surface area (Å²) >= 11 is 0. The maximum absolute atomic E-state index is 12.5. The molecular formula is C16H22N2O3. The quantitative estimate of drug-likeness (QED) is 0.867. The maximum atomic E-state index is 12.5. The fourth-order valence-electron chi connectivity index (χ4n) is 2.57. The first-order valence-corrected chi connectivity index (χ1v) is 7.10. The van der Waals surface area contributed by atoms with E-state index in [-0.39, 0.29) is 11.3 Å². The molecule has 1 aliphatic rings. The van der Waals surface area contributed by atoms with Gasteiger partial charge in [-0.3, -0.25) is 4.79 Å². The van der Waals surface area contributed by atoms with Gasteiger partial charge in [0.05, 0.1) is 11.6 Å². The Hall–Kier alpha value is -1.88. The van der Waals surface area contributed by atoms with Crippen LogP contribution in [-0.2, 0) is 17.8 Å². The SMILES string of the molecule is CC(C)(C)C(N)C(=O)N1CCc2c(cccc2C(=O)O)C1. The van der Waals surface area contributed by atoms with Crippen LogP contribution in [0.2, 0.25) is 0 Å². The van der Waals surface area contributed by atoms with Gasteiger partial charge in [0, 0.05) is 13.1 Å². The van der Waals surface area contributed by atoms with Gasteiger partial charge in [-0.25, -0.2) is 4.79 Å². The van der Waals surface area contributed by atoms with Crippen molar-refractivity contribution in [2.24, 2.45) is 11.1 Å². The number of nitrogens with zero attached hydrogens (tertiary/aromatic N) is 1. The van der Waals surface area contributed by atoms with Crippen LogP contribution in [0.1, 0.15) is 42.3 Å². The number of aromatic carboxylic acids is 1. The van der Waals surface area contributed by atoms with Crippen LogP contribution >= 0.6 is 0 Å². The highest BCUT2D eigenvalue weighted by atomic mass is 16.4. The van der Waals surface area contributed by atoms with Crippen LogP contribution in [-0.4, -0.2) is 34.5 Å². The molecule has 1 amide bonds. The van der Waals surface area contributed by atoms with Crippen LogP contribution in [0.15, 0.2) is 18.2 Å². The van der Waals surface area contributed by atoms with E-state index in [1.54, 1.807) is 17.0 Å². The average Bonchev–Trinajstić information content (AvgIpc) is 2.43. The van der Waals surface area contributed by atoms with Gasteiger partial charge in [-0.2, -0.15) is 0 Å². The smallest absolute Gasteiger partial charge is 0.335 e. The second-order valence-corrected chi connectivity index (χ2v) is 6.60. The molecule has 0 aliphatic carbocycles. The summed E-state index contributed by atoms with van der Waals surface area (Å²) in [6, 6.07) is 4.66. The standard InChI is InChI=1S/C16H22N2O3/c1-16(2,3)13(17)14(19)18-8-7-11-10(9-18)5-4-6-12(11)15(20)21/h4-6,13H,7-9,17H2,1-3H3,(H,20,21). The van der Waals surface area contributed by atoms with Crippen molar-refractivity contribution in [2.75, 3.05) is 6.54 Å². The van der Waals surface area contributed by atoms with Crippen molar-refractivity contribution in [2.45, 2.75) is 39.8 Å². The first-order chi connectivity index (χ1) is 9.71. The number of hydrogen-bond donors (Lipinski definition) is 2. The topological polar surface area (TPSA) is 83.6 Å². The minimum absolute atomic E-state index is 0.0751. The third kappa shape index (κ3) is 3.08. The number of carboxylic acids is 1. The second-order valence-electron chi connectivity index (χ2n) is 6.60. The molecule has 0 saturated heterocycles. The Morgan fingerprint density at radius 1 is 1.33 bits per heavy atom. The van der Waals surface area contributed by atoms with Crippen LogP contribution in [0, 0.1) is 5.41 Å². The molecule has 114 valence electrons. The Labute approximate surface area is 124 Å². The van der Waals surface area contributed by atoms with Gasteiger partial charge >= 0.3 is 5.97 Å². The molecular weight excluding hydrogens is 268 g/mol. The lowest BCUT2D eigenvalue weighted by Gasteiger charge is -2.35. The highest BCUT2D eigenvalue weighted by molar-refractivity contribution is 5.90. The van der Waals surface area contributed by atoms with Gasteiger partial charge < -0.3 is 15.7 Å². The largest absolute Gasteiger partial charge is 0.478 e. The highest BCUT2D eigenvalue weighted by Crippen LogP contribution is 2.25. The van der Waals surface area contributed by atoms with E-state index < -0.39 is 12.0 Å². The number of carbonyl (C=O) groups is 2. The van der Waals surface area contributed by atoms with Gasteiger partial charge in [-0.15, -0.1) is 0 Å². The molecule has 0 spiro atoms. The third-order valence-electron chi connectivity index (χ3n) is 4.01. The maximum Gasteiger partial charge on any atom is 0.335 e. The molecule has 0 saturated carbocycles. The van der Waals surface area contributed by atoms with Gasteiger partial charge in [0.2, 0.25) is 5.91 Å². The fourth-order valence-corrected chi connectivity index (χ4v) is 2.57. The van der Waals surface area contributed by atoms with Gasteiger partial charge in [0.1, 0.15) is 0 Å². The minimum atomic E-state index is -0.919. The summed E-state index contributed by atoms with van der Waals surface area (Å²) < 4.78 is 0. The van der Waals surface area contributed by atoms with E-state index >= 15 is 0 Å². The van der Waals surface area contributed by atoms with Crippen molar-refractivity contribution in [1.82, 2.24) is 4.90 Å². The predicted octanol–water partition coefficient (Wildman–Crippen LogP) is 1.64. The number of rotatable bonds is 2. The summed E-state index contributed by atoms with van der Waals surface area (Å²) in [4.78, 5) is 25.4. The molecule has 21 heavy (non-hydrogen) atoms. The van der Waals surface area contributed by atoms with Crippen molar-refractivity contribution in [1.29, 1.82) is 0 Å². The zero-order valence-corrected chi connectivity index (χ0v) is 12.7. The summed E-state index contributed by atoms with van der Waals surface area (Å²) in [5.41, 5.74) is 7.81. The molecule has 5 nitrogen and oxygen atoms in total. The molecule has 1 aliphatic heterocycles. The van der Waals surface area contributed by atoms with E-state index in [0.29, 0.717) is 25.1 Å². The Bertz CT molecular complexity index is 575. The molecule has 1 atom stereocenters. The van der Waals surface area contributed by atoms with Gasteiger partial charge in [-0.05, 0) is 29.0 Å². The van der Waals surface area contributed by atoms with E-state index in [0.717, 1.165) is 11.1 Å². The molecule has 0 aromatic heterocycles. The number of hydrogen-bond acceptors (Lipinski definition) is 3. The number of benzene rings is 1. The molecule has 3 N–H and O–H groups in total. The Morgan fingerprint density at radius 3 is 2.57 bits per heavy atom. The van der Waals surface area contributed by atoms with Crippen LogP contribution in [0.5, 0.6) is 0 Å². The zero-order valence-electron chi connectivity index (χ0n) is 12.7. The average molecular weight is 290 g/mol. The number of fused-ring (bicyclic) bond motifs is 1. The fraction of sp³-hybridized carbons (Fsp3) is 0.500. The van der Waals surface area contributed by atoms with Gasteiger partial charge in [0.25, 0.3) is 0 Å². The lowest BCUT2D eigenvalue weighted by atomic mass is 9.85. The monoisotopic (exact) mass is 290 g/mol. The molecule has 1 aromatic carbocycles. The van der Waals surface area contributed by atoms with Gasteiger partial charge in [-0.1, -0.05) is 32.9 Å². The second kappa shape index (κ2) is 5.48. The van der Waals surface area contributed by atoms with Crippen LogP contribution < -0.4 is 5.73 Å². The van der Waals surface area contributed by atoms with E-state index in [9.17, 15) is 14.7 Å². The van der Waals surface area contributed by atoms with E-state index in [4.69, 9.17) is 5.73 Å². The van der Waals surface area contributed by atoms with Crippen LogP contribution in [0.4, 0.5) is 0 Å². The predicted molar refractivity (Wildman–Crippen MR) is 80.0 cm³/mol. The lowest BCUT2D eigenvalue weighted by Crippen LogP contribution is -2.51.